The molecule has 2 aliphatic rings. The number of carboxylic acids is 1. The van der Waals surface area contributed by atoms with E-state index in [9.17, 15) is 9.59 Å². The largest absolute Gasteiger partial charge is 0.481 e. The SMILES string of the molecule is O=C(O)C1CCCC(C(=O)NC[C@H]2CCO[C@@H]2c2ccccc2)C1. The summed E-state index contributed by atoms with van der Waals surface area (Å²) in [5.74, 6) is -1.05. The maximum Gasteiger partial charge on any atom is 0.306 e. The van der Waals surface area contributed by atoms with Crippen molar-refractivity contribution in [3.63, 3.8) is 0 Å². The van der Waals surface area contributed by atoms with Crippen molar-refractivity contribution in [2.45, 2.75) is 38.2 Å². The number of hydrogen-bond acceptors (Lipinski definition) is 3. The summed E-state index contributed by atoms with van der Waals surface area (Å²) >= 11 is 0. The van der Waals surface area contributed by atoms with Gasteiger partial charge in [0.15, 0.2) is 0 Å². The predicted molar refractivity (Wildman–Crippen MR) is 89.3 cm³/mol. The molecule has 5 heteroatoms. The van der Waals surface area contributed by atoms with Gasteiger partial charge in [0, 0.05) is 25.0 Å². The van der Waals surface area contributed by atoms with Gasteiger partial charge in [-0.05, 0) is 31.2 Å². The molecule has 1 aliphatic heterocycles. The van der Waals surface area contributed by atoms with Crippen LogP contribution in [-0.4, -0.2) is 30.1 Å². The van der Waals surface area contributed by atoms with Crippen molar-refractivity contribution in [3.8, 4) is 0 Å². The van der Waals surface area contributed by atoms with Crippen molar-refractivity contribution in [2.24, 2.45) is 17.8 Å². The zero-order chi connectivity index (χ0) is 16.9. The van der Waals surface area contributed by atoms with Crippen LogP contribution in [0.15, 0.2) is 30.3 Å². The number of carboxylic acid groups (broad SMARTS) is 1. The van der Waals surface area contributed by atoms with Crippen LogP contribution in [0.3, 0.4) is 0 Å². The molecule has 1 aromatic carbocycles. The van der Waals surface area contributed by atoms with E-state index >= 15 is 0 Å². The summed E-state index contributed by atoms with van der Waals surface area (Å²) in [5, 5.41) is 12.2. The van der Waals surface area contributed by atoms with E-state index in [1.54, 1.807) is 0 Å². The van der Waals surface area contributed by atoms with Crippen molar-refractivity contribution >= 4 is 11.9 Å². The van der Waals surface area contributed by atoms with Gasteiger partial charge in [-0.2, -0.15) is 0 Å². The van der Waals surface area contributed by atoms with Crippen LogP contribution in [0.4, 0.5) is 0 Å². The normalized spacial score (nSPS) is 30.0. The average Bonchev–Trinajstić information content (AvgIpc) is 3.09. The Kier molecular flexibility index (Phi) is 5.51. The van der Waals surface area contributed by atoms with Crippen molar-refractivity contribution in [2.75, 3.05) is 13.2 Å². The van der Waals surface area contributed by atoms with Crippen LogP contribution in [0, 0.1) is 17.8 Å². The quantitative estimate of drug-likeness (QED) is 0.870. The molecule has 1 saturated carbocycles. The highest BCUT2D eigenvalue weighted by atomic mass is 16.5. The van der Waals surface area contributed by atoms with Crippen LogP contribution in [0.25, 0.3) is 0 Å². The number of amides is 1. The second kappa shape index (κ2) is 7.79. The summed E-state index contributed by atoms with van der Waals surface area (Å²) in [5.41, 5.74) is 1.15. The third-order valence-corrected chi connectivity index (χ3v) is 5.28. The zero-order valence-electron chi connectivity index (χ0n) is 13.8. The standard InChI is InChI=1S/C19H25NO4/c21-18(14-7-4-8-15(11-14)19(22)23)20-12-16-9-10-24-17(16)13-5-2-1-3-6-13/h1-3,5-6,14-17H,4,7-12H2,(H,20,21)(H,22,23)/t14?,15?,16-,17-/m1/s1. The van der Waals surface area contributed by atoms with Crippen LogP contribution in [0.5, 0.6) is 0 Å². The first-order valence-electron chi connectivity index (χ1n) is 8.82. The van der Waals surface area contributed by atoms with Gasteiger partial charge in [0.25, 0.3) is 0 Å². The van der Waals surface area contributed by atoms with E-state index in [0.717, 1.165) is 24.8 Å². The van der Waals surface area contributed by atoms with Crippen molar-refractivity contribution in [1.82, 2.24) is 5.32 Å². The highest BCUT2D eigenvalue weighted by Crippen LogP contribution is 2.34. The first-order chi connectivity index (χ1) is 11.6. The van der Waals surface area contributed by atoms with Gasteiger partial charge in [-0.1, -0.05) is 36.8 Å². The second-order valence-corrected chi connectivity index (χ2v) is 6.89. The summed E-state index contributed by atoms with van der Waals surface area (Å²) < 4.78 is 5.85. The molecular weight excluding hydrogens is 306 g/mol. The van der Waals surface area contributed by atoms with Gasteiger partial charge in [-0.15, -0.1) is 0 Å². The lowest BCUT2D eigenvalue weighted by Gasteiger charge is -2.26. The topological polar surface area (TPSA) is 75.6 Å². The molecule has 0 spiro atoms. The molecule has 0 bridgehead atoms. The fraction of sp³-hybridized carbons (Fsp3) is 0.579. The number of benzene rings is 1. The molecule has 130 valence electrons. The van der Waals surface area contributed by atoms with Crippen LogP contribution in [0.1, 0.15) is 43.8 Å². The molecule has 0 radical (unpaired) electrons. The highest BCUT2D eigenvalue weighted by molar-refractivity contribution is 5.80. The smallest absolute Gasteiger partial charge is 0.306 e. The van der Waals surface area contributed by atoms with Gasteiger partial charge in [-0.3, -0.25) is 9.59 Å². The number of carbonyl (C=O) groups is 2. The summed E-state index contributed by atoms with van der Waals surface area (Å²) in [6.45, 7) is 1.30. The number of rotatable bonds is 5. The number of carbonyl (C=O) groups excluding carboxylic acids is 1. The van der Waals surface area contributed by atoms with Gasteiger partial charge in [-0.25, -0.2) is 0 Å². The molecule has 2 fully saturated rings. The summed E-state index contributed by atoms with van der Waals surface area (Å²) in [4.78, 5) is 23.6. The zero-order valence-corrected chi connectivity index (χ0v) is 13.8. The van der Waals surface area contributed by atoms with Gasteiger partial charge in [0.05, 0.1) is 12.0 Å². The Hall–Kier alpha value is -1.88. The molecule has 1 aromatic rings. The fourth-order valence-electron chi connectivity index (χ4n) is 3.88. The minimum atomic E-state index is -0.777. The molecule has 1 amide bonds. The lowest BCUT2D eigenvalue weighted by Crippen LogP contribution is -2.38. The molecule has 2 N–H and O–H groups in total. The molecule has 1 saturated heterocycles. The Morgan fingerprint density at radius 3 is 2.62 bits per heavy atom. The van der Waals surface area contributed by atoms with Crippen molar-refractivity contribution < 1.29 is 19.4 Å². The monoisotopic (exact) mass is 331 g/mol. The highest BCUT2D eigenvalue weighted by Gasteiger charge is 2.33. The van der Waals surface area contributed by atoms with E-state index in [2.05, 4.69) is 17.4 Å². The molecule has 3 rings (SSSR count). The molecule has 4 atom stereocenters. The first kappa shape index (κ1) is 17.0. The third-order valence-electron chi connectivity index (χ3n) is 5.28. The Bertz CT molecular complexity index is 574. The molecule has 2 unspecified atom stereocenters. The Morgan fingerprint density at radius 1 is 1.12 bits per heavy atom. The van der Waals surface area contributed by atoms with Crippen molar-refractivity contribution in [1.29, 1.82) is 0 Å². The molecular formula is C19H25NO4. The van der Waals surface area contributed by atoms with E-state index in [1.807, 2.05) is 18.2 Å². The lowest BCUT2D eigenvalue weighted by molar-refractivity contribution is -0.144. The summed E-state index contributed by atoms with van der Waals surface area (Å²) in [6.07, 6.45) is 3.72. The van der Waals surface area contributed by atoms with Gasteiger partial charge in [0.2, 0.25) is 5.91 Å². The lowest BCUT2D eigenvalue weighted by atomic mass is 9.81. The predicted octanol–water partition coefficient (Wildman–Crippen LogP) is 2.77. The average molecular weight is 331 g/mol. The van der Waals surface area contributed by atoms with Crippen LogP contribution in [-0.2, 0) is 14.3 Å². The summed E-state index contributed by atoms with van der Waals surface area (Å²) in [6, 6.07) is 10.1. The maximum atomic E-state index is 12.4. The Labute approximate surface area is 142 Å². The molecule has 1 heterocycles. The summed E-state index contributed by atoms with van der Waals surface area (Å²) in [7, 11) is 0. The third kappa shape index (κ3) is 3.96. The number of hydrogen-bond donors (Lipinski definition) is 2. The molecule has 24 heavy (non-hydrogen) atoms. The van der Waals surface area contributed by atoms with E-state index in [1.165, 1.54) is 0 Å². The van der Waals surface area contributed by atoms with Crippen LogP contribution >= 0.6 is 0 Å². The Morgan fingerprint density at radius 2 is 1.88 bits per heavy atom. The number of ether oxygens (including phenoxy) is 1. The van der Waals surface area contributed by atoms with Crippen molar-refractivity contribution in [3.05, 3.63) is 35.9 Å². The van der Waals surface area contributed by atoms with Crippen LogP contribution in [0.2, 0.25) is 0 Å². The molecule has 5 nitrogen and oxygen atoms in total. The fourth-order valence-corrected chi connectivity index (χ4v) is 3.88. The van der Waals surface area contributed by atoms with E-state index in [0.29, 0.717) is 26.0 Å². The minimum Gasteiger partial charge on any atom is -0.481 e. The van der Waals surface area contributed by atoms with E-state index in [-0.39, 0.29) is 29.8 Å². The molecule has 0 aromatic heterocycles. The maximum absolute atomic E-state index is 12.4. The number of nitrogens with one attached hydrogen (secondary N) is 1. The first-order valence-corrected chi connectivity index (χ1v) is 8.82. The van der Waals surface area contributed by atoms with E-state index in [4.69, 9.17) is 9.84 Å². The second-order valence-electron chi connectivity index (χ2n) is 6.89. The van der Waals surface area contributed by atoms with Gasteiger partial charge in [0.1, 0.15) is 0 Å². The van der Waals surface area contributed by atoms with Gasteiger partial charge < -0.3 is 15.2 Å². The van der Waals surface area contributed by atoms with Gasteiger partial charge >= 0.3 is 5.97 Å². The number of aliphatic carboxylic acids is 1. The van der Waals surface area contributed by atoms with Crippen LogP contribution < -0.4 is 5.32 Å². The van der Waals surface area contributed by atoms with E-state index < -0.39 is 5.97 Å². The Balaban J connectivity index is 1.53. The molecule has 1 aliphatic carbocycles. The minimum absolute atomic E-state index is 0.000313.